The predicted molar refractivity (Wildman–Crippen MR) is 61.5 cm³/mol. The van der Waals surface area contributed by atoms with Crippen LogP contribution < -0.4 is 5.56 Å². The molecule has 0 spiro atoms. The molecule has 0 amide bonds. The number of halogens is 1. The number of nitrogens with one attached hydrogen (secondary N) is 1. The highest BCUT2D eigenvalue weighted by Gasteiger charge is 2.08. The second-order valence-corrected chi connectivity index (χ2v) is 4.20. The Hall–Kier alpha value is -1.35. The molecule has 1 heterocycles. The summed E-state index contributed by atoms with van der Waals surface area (Å²) in [5.41, 5.74) is 1.86. The SMILES string of the molecule is CC(C)c1nc2cc(Cl)ccc2[nH]c1=O. The van der Waals surface area contributed by atoms with E-state index in [9.17, 15) is 4.79 Å². The molecule has 3 nitrogen and oxygen atoms in total. The summed E-state index contributed by atoms with van der Waals surface area (Å²) in [6.45, 7) is 3.88. The molecule has 0 radical (unpaired) electrons. The lowest BCUT2D eigenvalue weighted by Crippen LogP contribution is -2.16. The zero-order valence-electron chi connectivity index (χ0n) is 8.54. The molecule has 0 aliphatic heterocycles. The first-order chi connectivity index (χ1) is 7.08. The van der Waals surface area contributed by atoms with Gasteiger partial charge in [-0.2, -0.15) is 0 Å². The molecule has 0 unspecified atom stereocenters. The number of hydrogen-bond acceptors (Lipinski definition) is 2. The average Bonchev–Trinajstić information content (AvgIpc) is 2.17. The molecule has 2 rings (SSSR count). The van der Waals surface area contributed by atoms with Crippen molar-refractivity contribution in [2.75, 3.05) is 0 Å². The molecule has 0 saturated carbocycles. The summed E-state index contributed by atoms with van der Waals surface area (Å²) in [6.07, 6.45) is 0. The van der Waals surface area contributed by atoms with Gasteiger partial charge in [-0.15, -0.1) is 0 Å². The van der Waals surface area contributed by atoms with Gasteiger partial charge >= 0.3 is 0 Å². The Kier molecular flexibility index (Phi) is 2.49. The number of fused-ring (bicyclic) bond motifs is 1. The van der Waals surface area contributed by atoms with Crippen molar-refractivity contribution in [3.8, 4) is 0 Å². The lowest BCUT2D eigenvalue weighted by molar-refractivity contribution is 0.807. The summed E-state index contributed by atoms with van der Waals surface area (Å²) < 4.78 is 0. The fourth-order valence-corrected chi connectivity index (χ4v) is 1.63. The quantitative estimate of drug-likeness (QED) is 0.807. The molecule has 0 atom stereocenters. The summed E-state index contributed by atoms with van der Waals surface area (Å²) in [5.74, 6) is 0.108. The molecule has 1 aromatic heterocycles. The Balaban J connectivity index is 2.77. The Bertz CT molecular complexity index is 560. The van der Waals surface area contributed by atoms with Crippen molar-refractivity contribution in [2.45, 2.75) is 19.8 Å². The van der Waals surface area contributed by atoms with Crippen LogP contribution >= 0.6 is 11.6 Å². The molecule has 2 aromatic rings. The number of benzene rings is 1. The number of hydrogen-bond donors (Lipinski definition) is 1. The molecule has 0 saturated heterocycles. The van der Waals surface area contributed by atoms with E-state index in [-0.39, 0.29) is 11.5 Å². The first-order valence-corrected chi connectivity index (χ1v) is 5.15. The van der Waals surface area contributed by atoms with Crippen LogP contribution in [0, 0.1) is 0 Å². The number of aromatic amines is 1. The first kappa shape index (κ1) is 10.2. The van der Waals surface area contributed by atoms with Gasteiger partial charge in [0.1, 0.15) is 5.69 Å². The van der Waals surface area contributed by atoms with Crippen LogP contribution in [0.4, 0.5) is 0 Å². The summed E-state index contributed by atoms with van der Waals surface area (Å²) in [6, 6.07) is 5.24. The Morgan fingerprint density at radius 2 is 2.13 bits per heavy atom. The van der Waals surface area contributed by atoms with Crippen LogP contribution in [0.1, 0.15) is 25.5 Å². The van der Waals surface area contributed by atoms with Crippen LogP contribution in [0.25, 0.3) is 11.0 Å². The highest BCUT2D eigenvalue weighted by atomic mass is 35.5. The number of rotatable bonds is 1. The fraction of sp³-hybridized carbons (Fsp3) is 0.273. The van der Waals surface area contributed by atoms with Gasteiger partial charge < -0.3 is 4.98 Å². The normalized spacial score (nSPS) is 11.2. The Morgan fingerprint density at radius 3 is 2.80 bits per heavy atom. The van der Waals surface area contributed by atoms with E-state index < -0.39 is 0 Å². The summed E-state index contributed by atoms with van der Waals surface area (Å²) in [4.78, 5) is 18.7. The van der Waals surface area contributed by atoms with Crippen LogP contribution in [0.3, 0.4) is 0 Å². The van der Waals surface area contributed by atoms with Crippen LogP contribution in [0.2, 0.25) is 5.02 Å². The van der Waals surface area contributed by atoms with Crippen LogP contribution in [0.5, 0.6) is 0 Å². The predicted octanol–water partition coefficient (Wildman–Crippen LogP) is 2.70. The third-order valence-corrected chi connectivity index (χ3v) is 2.46. The highest BCUT2D eigenvalue weighted by Crippen LogP contribution is 2.16. The van der Waals surface area contributed by atoms with Crippen LogP contribution in [-0.2, 0) is 0 Å². The lowest BCUT2D eigenvalue weighted by Gasteiger charge is -2.04. The van der Waals surface area contributed by atoms with Crippen LogP contribution in [0.15, 0.2) is 23.0 Å². The lowest BCUT2D eigenvalue weighted by atomic mass is 10.1. The largest absolute Gasteiger partial charge is 0.319 e. The summed E-state index contributed by atoms with van der Waals surface area (Å²) in [5, 5.41) is 0.622. The highest BCUT2D eigenvalue weighted by molar-refractivity contribution is 6.31. The van der Waals surface area contributed by atoms with Gasteiger partial charge in [0.2, 0.25) is 0 Å². The minimum Gasteiger partial charge on any atom is -0.319 e. The molecule has 0 aliphatic rings. The van der Waals surface area contributed by atoms with Crippen molar-refractivity contribution in [3.63, 3.8) is 0 Å². The van der Waals surface area contributed by atoms with E-state index in [0.717, 1.165) is 5.52 Å². The van der Waals surface area contributed by atoms with E-state index in [1.165, 1.54) is 0 Å². The molecule has 1 aromatic carbocycles. The standard InChI is InChI=1S/C11H11ClN2O/c1-6(2)10-11(15)14-8-4-3-7(12)5-9(8)13-10/h3-6H,1-2H3,(H,14,15). The van der Waals surface area contributed by atoms with Crippen molar-refractivity contribution < 1.29 is 0 Å². The van der Waals surface area contributed by atoms with E-state index in [4.69, 9.17) is 11.6 Å². The van der Waals surface area contributed by atoms with Gasteiger partial charge in [-0.1, -0.05) is 25.4 Å². The smallest absolute Gasteiger partial charge is 0.270 e. The van der Waals surface area contributed by atoms with E-state index in [0.29, 0.717) is 16.2 Å². The third kappa shape index (κ3) is 1.88. The average molecular weight is 223 g/mol. The van der Waals surface area contributed by atoms with Crippen LogP contribution in [-0.4, -0.2) is 9.97 Å². The third-order valence-electron chi connectivity index (χ3n) is 2.23. The Labute approximate surface area is 92.1 Å². The fourth-order valence-electron chi connectivity index (χ4n) is 1.46. The van der Waals surface area contributed by atoms with Crippen molar-refractivity contribution >= 4 is 22.6 Å². The molecular weight excluding hydrogens is 212 g/mol. The molecule has 1 N–H and O–H groups in total. The maximum atomic E-state index is 11.6. The molecule has 78 valence electrons. The van der Waals surface area contributed by atoms with E-state index in [1.54, 1.807) is 18.2 Å². The Morgan fingerprint density at radius 1 is 1.40 bits per heavy atom. The summed E-state index contributed by atoms with van der Waals surface area (Å²) in [7, 11) is 0. The molecule has 4 heteroatoms. The van der Waals surface area contributed by atoms with Gasteiger partial charge in [0, 0.05) is 10.9 Å². The number of H-pyrrole nitrogens is 1. The number of aromatic nitrogens is 2. The topological polar surface area (TPSA) is 45.8 Å². The molecule has 15 heavy (non-hydrogen) atoms. The maximum Gasteiger partial charge on any atom is 0.270 e. The van der Waals surface area contributed by atoms with Gasteiger partial charge in [0.25, 0.3) is 5.56 Å². The van der Waals surface area contributed by atoms with Gasteiger partial charge in [0.05, 0.1) is 11.0 Å². The van der Waals surface area contributed by atoms with Gasteiger partial charge in [-0.05, 0) is 18.2 Å². The molecule has 0 fully saturated rings. The first-order valence-electron chi connectivity index (χ1n) is 4.77. The molecule has 0 bridgehead atoms. The van der Waals surface area contributed by atoms with E-state index in [1.807, 2.05) is 13.8 Å². The van der Waals surface area contributed by atoms with Gasteiger partial charge in [-0.25, -0.2) is 4.98 Å². The van der Waals surface area contributed by atoms with Crippen molar-refractivity contribution in [1.29, 1.82) is 0 Å². The van der Waals surface area contributed by atoms with Gasteiger partial charge in [0.15, 0.2) is 0 Å². The zero-order chi connectivity index (χ0) is 11.0. The second-order valence-electron chi connectivity index (χ2n) is 3.77. The van der Waals surface area contributed by atoms with E-state index in [2.05, 4.69) is 9.97 Å². The molecular formula is C11H11ClN2O. The van der Waals surface area contributed by atoms with Gasteiger partial charge in [-0.3, -0.25) is 4.79 Å². The zero-order valence-corrected chi connectivity index (χ0v) is 9.30. The van der Waals surface area contributed by atoms with Crippen molar-refractivity contribution in [2.24, 2.45) is 0 Å². The maximum absolute atomic E-state index is 11.6. The molecule has 0 aliphatic carbocycles. The van der Waals surface area contributed by atoms with E-state index >= 15 is 0 Å². The summed E-state index contributed by atoms with van der Waals surface area (Å²) >= 11 is 5.86. The number of nitrogens with zero attached hydrogens (tertiary/aromatic N) is 1. The van der Waals surface area contributed by atoms with Crippen molar-refractivity contribution in [3.05, 3.63) is 39.3 Å². The minimum absolute atomic E-state index is 0.108. The monoisotopic (exact) mass is 222 g/mol. The minimum atomic E-state index is -0.125. The van der Waals surface area contributed by atoms with Crippen molar-refractivity contribution in [1.82, 2.24) is 9.97 Å². The second kappa shape index (κ2) is 3.66.